The van der Waals surface area contributed by atoms with Crippen LogP contribution in [0.4, 0.5) is 0 Å². The lowest BCUT2D eigenvalue weighted by molar-refractivity contribution is 0.829. The second-order valence-corrected chi connectivity index (χ2v) is 7.66. The molecule has 1 saturated carbocycles. The normalized spacial score (nSPS) is 14.0. The van der Waals surface area contributed by atoms with E-state index >= 15 is 0 Å². The predicted molar refractivity (Wildman–Crippen MR) is 107 cm³/mol. The summed E-state index contributed by atoms with van der Waals surface area (Å²) in [5, 5.41) is 12.6. The van der Waals surface area contributed by atoms with E-state index in [2.05, 4.69) is 81.5 Å². The quantitative estimate of drug-likeness (QED) is 0.436. The maximum atomic E-state index is 4.52. The van der Waals surface area contributed by atoms with Crippen LogP contribution in [0, 0.1) is 0 Å². The molecule has 128 valence electrons. The van der Waals surface area contributed by atoms with E-state index < -0.39 is 0 Å². The summed E-state index contributed by atoms with van der Waals surface area (Å²) >= 11 is 1.77. The fourth-order valence-corrected chi connectivity index (χ4v) is 4.32. The lowest BCUT2D eigenvalue weighted by Gasteiger charge is -2.10. The molecule has 4 aromatic rings. The third kappa shape index (κ3) is 2.90. The molecule has 5 rings (SSSR count). The summed E-state index contributed by atoms with van der Waals surface area (Å²) in [6.45, 7) is 0. The smallest absolute Gasteiger partial charge is 0.196 e. The maximum Gasteiger partial charge on any atom is 0.196 e. The highest BCUT2D eigenvalue weighted by Gasteiger charge is 2.31. The van der Waals surface area contributed by atoms with Crippen molar-refractivity contribution >= 4 is 22.5 Å². The van der Waals surface area contributed by atoms with E-state index in [1.807, 2.05) is 6.07 Å². The molecule has 3 aromatic carbocycles. The number of rotatable bonds is 5. The standard InChI is InChI=1S/C22H19N3S/c1-2-10-19(11-3-1)25-21(17-13-14-17)23-24-22(25)26-15-18-9-6-8-16-7-4-5-12-20(16)18/h1-12,17H,13-15H2. The minimum atomic E-state index is 0.564. The molecule has 0 unspecified atom stereocenters. The number of nitrogens with zero attached hydrogens (tertiary/aromatic N) is 3. The Kier molecular flexibility index (Phi) is 3.98. The fraction of sp³-hybridized carbons (Fsp3) is 0.182. The Morgan fingerprint density at radius 3 is 2.46 bits per heavy atom. The summed E-state index contributed by atoms with van der Waals surface area (Å²) < 4.78 is 2.24. The molecule has 1 heterocycles. The number of benzene rings is 3. The number of hydrogen-bond donors (Lipinski definition) is 0. The molecule has 3 nitrogen and oxygen atoms in total. The maximum absolute atomic E-state index is 4.52. The summed E-state index contributed by atoms with van der Waals surface area (Å²) in [5.74, 6) is 2.56. The summed E-state index contributed by atoms with van der Waals surface area (Å²) in [5.41, 5.74) is 2.49. The Morgan fingerprint density at radius 1 is 0.846 bits per heavy atom. The molecule has 0 spiro atoms. The van der Waals surface area contributed by atoms with Crippen LogP contribution < -0.4 is 0 Å². The van der Waals surface area contributed by atoms with Crippen molar-refractivity contribution in [2.24, 2.45) is 0 Å². The summed E-state index contributed by atoms with van der Waals surface area (Å²) in [6.07, 6.45) is 2.44. The van der Waals surface area contributed by atoms with Crippen LogP contribution in [0.1, 0.15) is 30.1 Å². The molecule has 0 radical (unpaired) electrons. The highest BCUT2D eigenvalue weighted by Crippen LogP contribution is 2.41. The van der Waals surface area contributed by atoms with E-state index in [-0.39, 0.29) is 0 Å². The van der Waals surface area contributed by atoms with Crippen molar-refractivity contribution in [1.29, 1.82) is 0 Å². The fourth-order valence-electron chi connectivity index (χ4n) is 3.36. The van der Waals surface area contributed by atoms with Crippen molar-refractivity contribution in [1.82, 2.24) is 14.8 Å². The minimum absolute atomic E-state index is 0.564. The zero-order valence-electron chi connectivity index (χ0n) is 14.4. The van der Waals surface area contributed by atoms with Crippen LogP contribution in [0.25, 0.3) is 16.5 Å². The van der Waals surface area contributed by atoms with Crippen LogP contribution in [0.5, 0.6) is 0 Å². The molecule has 26 heavy (non-hydrogen) atoms. The Bertz CT molecular complexity index is 1050. The lowest BCUT2D eigenvalue weighted by atomic mass is 10.1. The van der Waals surface area contributed by atoms with Gasteiger partial charge in [-0.05, 0) is 41.3 Å². The predicted octanol–water partition coefficient (Wildman–Crippen LogP) is 5.59. The van der Waals surface area contributed by atoms with Gasteiger partial charge in [-0.2, -0.15) is 0 Å². The summed E-state index contributed by atoms with van der Waals surface area (Å²) in [4.78, 5) is 0. The molecular formula is C22H19N3S. The van der Waals surface area contributed by atoms with Gasteiger partial charge in [-0.1, -0.05) is 72.4 Å². The van der Waals surface area contributed by atoms with Crippen molar-refractivity contribution < 1.29 is 0 Å². The molecule has 0 aliphatic heterocycles. The largest absolute Gasteiger partial charge is 0.274 e. The first kappa shape index (κ1) is 15.6. The average Bonchev–Trinajstić information content (AvgIpc) is 3.46. The third-order valence-corrected chi connectivity index (χ3v) is 5.83. The van der Waals surface area contributed by atoms with Crippen LogP contribution in [0.3, 0.4) is 0 Å². The first-order valence-electron chi connectivity index (χ1n) is 9.00. The monoisotopic (exact) mass is 357 g/mol. The molecule has 0 saturated heterocycles. The van der Waals surface area contributed by atoms with Gasteiger partial charge in [0.05, 0.1) is 0 Å². The van der Waals surface area contributed by atoms with Gasteiger partial charge in [0.25, 0.3) is 0 Å². The van der Waals surface area contributed by atoms with Gasteiger partial charge in [0.2, 0.25) is 0 Å². The van der Waals surface area contributed by atoms with E-state index in [9.17, 15) is 0 Å². The van der Waals surface area contributed by atoms with Gasteiger partial charge in [0.15, 0.2) is 5.16 Å². The zero-order valence-corrected chi connectivity index (χ0v) is 15.2. The van der Waals surface area contributed by atoms with E-state index in [0.717, 1.165) is 22.4 Å². The highest BCUT2D eigenvalue weighted by molar-refractivity contribution is 7.98. The number of para-hydroxylation sites is 1. The third-order valence-electron chi connectivity index (χ3n) is 4.85. The number of fused-ring (bicyclic) bond motifs is 1. The number of hydrogen-bond acceptors (Lipinski definition) is 3. The van der Waals surface area contributed by atoms with Crippen LogP contribution in [-0.4, -0.2) is 14.8 Å². The Balaban J connectivity index is 1.49. The lowest BCUT2D eigenvalue weighted by Crippen LogP contribution is -2.01. The molecule has 1 aliphatic rings. The first-order chi connectivity index (χ1) is 12.9. The topological polar surface area (TPSA) is 30.7 Å². The van der Waals surface area contributed by atoms with Crippen LogP contribution in [-0.2, 0) is 5.75 Å². The number of aromatic nitrogens is 3. The van der Waals surface area contributed by atoms with Gasteiger partial charge in [0.1, 0.15) is 5.82 Å². The molecule has 1 aliphatic carbocycles. The van der Waals surface area contributed by atoms with Crippen molar-refractivity contribution in [2.45, 2.75) is 29.7 Å². The Labute approximate surface area is 157 Å². The van der Waals surface area contributed by atoms with Crippen molar-refractivity contribution in [2.75, 3.05) is 0 Å². The molecule has 1 fully saturated rings. The van der Waals surface area contributed by atoms with Crippen LogP contribution >= 0.6 is 11.8 Å². The molecule has 1 aromatic heterocycles. The van der Waals surface area contributed by atoms with Crippen LogP contribution in [0.2, 0.25) is 0 Å². The Morgan fingerprint density at radius 2 is 1.62 bits per heavy atom. The van der Waals surface area contributed by atoms with E-state index in [0.29, 0.717) is 5.92 Å². The second kappa shape index (κ2) is 6.61. The van der Waals surface area contributed by atoms with Gasteiger partial charge in [-0.25, -0.2) is 0 Å². The van der Waals surface area contributed by atoms with Gasteiger partial charge < -0.3 is 0 Å². The second-order valence-electron chi connectivity index (χ2n) is 6.71. The summed E-state index contributed by atoms with van der Waals surface area (Å²) in [6, 6.07) is 25.5. The van der Waals surface area contributed by atoms with Gasteiger partial charge in [0, 0.05) is 17.4 Å². The zero-order chi connectivity index (χ0) is 17.3. The van der Waals surface area contributed by atoms with Gasteiger partial charge >= 0.3 is 0 Å². The molecular weight excluding hydrogens is 338 g/mol. The number of thioether (sulfide) groups is 1. The highest BCUT2D eigenvalue weighted by atomic mass is 32.2. The molecule has 4 heteroatoms. The van der Waals surface area contributed by atoms with E-state index in [1.54, 1.807) is 11.8 Å². The SMILES string of the molecule is c1ccc(-n2c(SCc3cccc4ccccc34)nnc2C2CC2)cc1. The van der Waals surface area contributed by atoms with E-state index in [4.69, 9.17) is 0 Å². The molecule has 0 N–H and O–H groups in total. The Hall–Kier alpha value is -2.59. The minimum Gasteiger partial charge on any atom is -0.274 e. The average molecular weight is 357 g/mol. The molecule has 0 amide bonds. The summed E-state index contributed by atoms with van der Waals surface area (Å²) in [7, 11) is 0. The van der Waals surface area contributed by atoms with Gasteiger partial charge in [-0.3, -0.25) is 4.57 Å². The molecule has 0 atom stereocenters. The van der Waals surface area contributed by atoms with Crippen molar-refractivity contribution in [3.63, 3.8) is 0 Å². The molecule has 0 bridgehead atoms. The van der Waals surface area contributed by atoms with Crippen LogP contribution in [0.15, 0.2) is 78.0 Å². The van der Waals surface area contributed by atoms with E-state index in [1.165, 1.54) is 29.2 Å². The first-order valence-corrected chi connectivity index (χ1v) is 9.99. The van der Waals surface area contributed by atoms with Crippen molar-refractivity contribution in [3.05, 3.63) is 84.2 Å². The van der Waals surface area contributed by atoms with Crippen molar-refractivity contribution in [3.8, 4) is 5.69 Å². The van der Waals surface area contributed by atoms with Gasteiger partial charge in [-0.15, -0.1) is 10.2 Å².